The van der Waals surface area contributed by atoms with E-state index in [1.165, 1.54) is 19.3 Å². The SMILES string of the molecule is CCCCC(CC)CO.[Ti+4]. The number of aliphatic hydroxyl groups excluding tert-OH is 1. The van der Waals surface area contributed by atoms with Crippen LogP contribution in [-0.2, 0) is 21.7 Å². The van der Waals surface area contributed by atoms with E-state index in [-0.39, 0.29) is 21.7 Å². The maximum atomic E-state index is 8.75. The molecule has 0 amide bonds. The van der Waals surface area contributed by atoms with E-state index in [0.717, 1.165) is 6.42 Å². The van der Waals surface area contributed by atoms with Crippen molar-refractivity contribution in [2.24, 2.45) is 5.92 Å². The van der Waals surface area contributed by atoms with Crippen molar-refractivity contribution in [2.45, 2.75) is 39.5 Å². The maximum Gasteiger partial charge on any atom is 4.00 e. The summed E-state index contributed by atoms with van der Waals surface area (Å²) in [5.41, 5.74) is 0. The van der Waals surface area contributed by atoms with Gasteiger partial charge >= 0.3 is 21.7 Å². The summed E-state index contributed by atoms with van der Waals surface area (Å²) in [5, 5.41) is 8.75. The van der Waals surface area contributed by atoms with E-state index in [1.54, 1.807) is 0 Å². The van der Waals surface area contributed by atoms with Gasteiger partial charge in [0, 0.05) is 6.61 Å². The Morgan fingerprint density at radius 1 is 1.30 bits per heavy atom. The van der Waals surface area contributed by atoms with Gasteiger partial charge in [-0.1, -0.05) is 33.1 Å². The molecule has 1 unspecified atom stereocenters. The minimum Gasteiger partial charge on any atom is -0.396 e. The fourth-order valence-corrected chi connectivity index (χ4v) is 0.917. The largest absolute Gasteiger partial charge is 4.00 e. The number of aliphatic hydroxyl groups is 1. The van der Waals surface area contributed by atoms with Crippen molar-refractivity contribution in [3.05, 3.63) is 0 Å². The van der Waals surface area contributed by atoms with Crippen molar-refractivity contribution < 1.29 is 26.8 Å². The van der Waals surface area contributed by atoms with E-state index in [2.05, 4.69) is 13.8 Å². The second-order valence-electron chi connectivity index (χ2n) is 2.60. The second kappa shape index (κ2) is 9.67. The van der Waals surface area contributed by atoms with E-state index < -0.39 is 0 Å². The van der Waals surface area contributed by atoms with Gasteiger partial charge in [-0.05, 0) is 12.3 Å². The van der Waals surface area contributed by atoms with Gasteiger partial charge in [-0.25, -0.2) is 0 Å². The van der Waals surface area contributed by atoms with Crippen LogP contribution in [0.25, 0.3) is 0 Å². The summed E-state index contributed by atoms with van der Waals surface area (Å²) in [5.74, 6) is 0.560. The molecule has 1 nitrogen and oxygen atoms in total. The molecule has 0 fully saturated rings. The number of hydrogen-bond donors (Lipinski definition) is 1. The maximum absolute atomic E-state index is 8.75. The van der Waals surface area contributed by atoms with Crippen LogP contribution in [0.4, 0.5) is 0 Å². The van der Waals surface area contributed by atoms with Crippen molar-refractivity contribution in [2.75, 3.05) is 6.61 Å². The Labute approximate surface area is 79.1 Å². The minimum absolute atomic E-state index is 0. The molecular formula is C8H18OTi+4. The van der Waals surface area contributed by atoms with E-state index in [0.29, 0.717) is 12.5 Å². The van der Waals surface area contributed by atoms with Crippen LogP contribution in [0.3, 0.4) is 0 Å². The van der Waals surface area contributed by atoms with Crippen LogP contribution in [0.15, 0.2) is 0 Å². The normalized spacial score (nSPS) is 12.3. The zero-order valence-electron chi connectivity index (χ0n) is 7.06. The van der Waals surface area contributed by atoms with Gasteiger partial charge in [0.2, 0.25) is 0 Å². The van der Waals surface area contributed by atoms with Crippen molar-refractivity contribution in [1.29, 1.82) is 0 Å². The first-order valence-corrected chi connectivity index (χ1v) is 3.96. The molecule has 0 aromatic carbocycles. The molecule has 0 aliphatic heterocycles. The molecule has 1 atom stereocenters. The molecule has 0 radical (unpaired) electrons. The molecular weight excluding hydrogens is 160 g/mol. The van der Waals surface area contributed by atoms with Gasteiger partial charge in [-0.2, -0.15) is 0 Å². The van der Waals surface area contributed by atoms with Crippen molar-refractivity contribution >= 4 is 0 Å². The Morgan fingerprint density at radius 3 is 2.20 bits per heavy atom. The Kier molecular flexibility index (Phi) is 12.8. The van der Waals surface area contributed by atoms with Crippen LogP contribution >= 0.6 is 0 Å². The third kappa shape index (κ3) is 6.79. The topological polar surface area (TPSA) is 20.2 Å². The van der Waals surface area contributed by atoms with Gasteiger partial charge in [-0.3, -0.25) is 0 Å². The van der Waals surface area contributed by atoms with Crippen molar-refractivity contribution in [1.82, 2.24) is 0 Å². The first-order valence-electron chi connectivity index (χ1n) is 3.96. The molecule has 0 aliphatic rings. The molecule has 0 saturated carbocycles. The summed E-state index contributed by atoms with van der Waals surface area (Å²) in [6.07, 6.45) is 4.83. The molecule has 56 valence electrons. The summed E-state index contributed by atoms with van der Waals surface area (Å²) in [7, 11) is 0. The van der Waals surface area contributed by atoms with Crippen LogP contribution in [-0.4, -0.2) is 11.7 Å². The third-order valence-corrected chi connectivity index (χ3v) is 1.80. The Bertz CT molecular complexity index is 53.2. The smallest absolute Gasteiger partial charge is 0.396 e. The predicted molar refractivity (Wildman–Crippen MR) is 40.4 cm³/mol. The summed E-state index contributed by atoms with van der Waals surface area (Å²) in [6, 6.07) is 0. The van der Waals surface area contributed by atoms with Crippen molar-refractivity contribution in [3.8, 4) is 0 Å². The molecule has 1 N–H and O–H groups in total. The van der Waals surface area contributed by atoms with E-state index in [4.69, 9.17) is 5.11 Å². The van der Waals surface area contributed by atoms with Crippen LogP contribution in [0.1, 0.15) is 39.5 Å². The van der Waals surface area contributed by atoms with Gasteiger partial charge in [0.25, 0.3) is 0 Å². The Hall–Kier alpha value is 0.674. The third-order valence-electron chi connectivity index (χ3n) is 1.80. The number of rotatable bonds is 5. The van der Waals surface area contributed by atoms with Crippen LogP contribution in [0, 0.1) is 5.92 Å². The standard InChI is InChI=1S/C8H18O.Ti/c1-3-5-6-8(4-2)7-9;/h8-9H,3-7H2,1-2H3;/q;+4. The first-order chi connectivity index (χ1) is 4.35. The van der Waals surface area contributed by atoms with Crippen LogP contribution < -0.4 is 0 Å². The summed E-state index contributed by atoms with van der Waals surface area (Å²) in [4.78, 5) is 0. The fourth-order valence-electron chi connectivity index (χ4n) is 0.917. The molecule has 0 spiro atoms. The molecule has 0 saturated heterocycles. The first kappa shape index (κ1) is 13.3. The molecule has 0 heterocycles. The average molecular weight is 178 g/mol. The number of hydrogen-bond acceptors (Lipinski definition) is 1. The Balaban J connectivity index is 0. The average Bonchev–Trinajstić information content (AvgIpc) is 1.91. The molecule has 0 aliphatic carbocycles. The summed E-state index contributed by atoms with van der Waals surface area (Å²) < 4.78 is 0. The monoisotopic (exact) mass is 178 g/mol. The van der Waals surface area contributed by atoms with Gasteiger partial charge in [0.1, 0.15) is 0 Å². The zero-order chi connectivity index (χ0) is 7.11. The van der Waals surface area contributed by atoms with E-state index >= 15 is 0 Å². The van der Waals surface area contributed by atoms with Crippen LogP contribution in [0.5, 0.6) is 0 Å². The molecule has 0 rings (SSSR count). The summed E-state index contributed by atoms with van der Waals surface area (Å²) >= 11 is 0. The predicted octanol–water partition coefficient (Wildman–Crippen LogP) is 2.19. The second-order valence-corrected chi connectivity index (χ2v) is 2.60. The van der Waals surface area contributed by atoms with Gasteiger partial charge in [-0.15, -0.1) is 0 Å². The molecule has 0 bridgehead atoms. The number of unbranched alkanes of at least 4 members (excludes halogenated alkanes) is 1. The zero-order valence-corrected chi connectivity index (χ0v) is 8.62. The van der Waals surface area contributed by atoms with Crippen molar-refractivity contribution in [3.63, 3.8) is 0 Å². The van der Waals surface area contributed by atoms with Gasteiger partial charge in [0.15, 0.2) is 0 Å². The fraction of sp³-hybridized carbons (Fsp3) is 1.00. The minimum atomic E-state index is 0. The molecule has 0 aromatic heterocycles. The van der Waals surface area contributed by atoms with Gasteiger partial charge < -0.3 is 5.11 Å². The van der Waals surface area contributed by atoms with E-state index in [9.17, 15) is 0 Å². The van der Waals surface area contributed by atoms with Gasteiger partial charge in [0.05, 0.1) is 0 Å². The van der Waals surface area contributed by atoms with Crippen LogP contribution in [0.2, 0.25) is 0 Å². The molecule has 10 heavy (non-hydrogen) atoms. The summed E-state index contributed by atoms with van der Waals surface area (Å²) in [6.45, 7) is 4.69. The Morgan fingerprint density at radius 2 is 1.90 bits per heavy atom. The van der Waals surface area contributed by atoms with E-state index in [1.807, 2.05) is 0 Å². The molecule has 2 heteroatoms. The molecule has 0 aromatic rings. The quantitative estimate of drug-likeness (QED) is 0.639.